The van der Waals surface area contributed by atoms with Gasteiger partial charge in [-0.1, -0.05) is 26.8 Å². The van der Waals surface area contributed by atoms with E-state index < -0.39 is 29.7 Å². The van der Waals surface area contributed by atoms with E-state index in [-0.39, 0.29) is 34.9 Å². The van der Waals surface area contributed by atoms with Crippen LogP contribution in [0.3, 0.4) is 0 Å². The fraction of sp³-hybridized carbons (Fsp3) is 0.414. The van der Waals surface area contributed by atoms with Crippen molar-refractivity contribution in [2.24, 2.45) is 5.41 Å². The van der Waals surface area contributed by atoms with Gasteiger partial charge < -0.3 is 5.32 Å². The maximum Gasteiger partial charge on any atom is 0.262 e. The van der Waals surface area contributed by atoms with Crippen molar-refractivity contribution in [3.63, 3.8) is 0 Å². The van der Waals surface area contributed by atoms with E-state index in [0.717, 1.165) is 33.0 Å². The lowest BCUT2D eigenvalue weighted by molar-refractivity contribution is -0.136. The van der Waals surface area contributed by atoms with Crippen molar-refractivity contribution in [1.82, 2.24) is 19.6 Å². The van der Waals surface area contributed by atoms with E-state index in [0.29, 0.717) is 11.3 Å². The molecule has 1 atom stereocenters. The smallest absolute Gasteiger partial charge is 0.262 e. The normalized spacial score (nSPS) is 18.1. The van der Waals surface area contributed by atoms with Crippen molar-refractivity contribution in [3.05, 3.63) is 51.6 Å². The number of aromatic nitrogens is 2. The van der Waals surface area contributed by atoms with Gasteiger partial charge in [0, 0.05) is 27.7 Å². The molecule has 204 valence electrons. The number of hydrogen-bond acceptors (Lipinski definition) is 6. The zero-order valence-corrected chi connectivity index (χ0v) is 24.5. The molecule has 2 aromatic heterocycles. The number of aryl methyl sites for hydroxylation is 1. The molecular formula is C29H32BrN5O4. The lowest BCUT2D eigenvalue weighted by Gasteiger charge is -2.34. The molecule has 0 radical (unpaired) electrons. The molecule has 4 heterocycles. The summed E-state index contributed by atoms with van der Waals surface area (Å²) in [6, 6.07) is 7.95. The molecule has 0 aliphatic carbocycles. The Labute approximate surface area is 235 Å². The predicted molar refractivity (Wildman–Crippen MR) is 152 cm³/mol. The Morgan fingerprint density at radius 2 is 1.72 bits per heavy atom. The van der Waals surface area contributed by atoms with Gasteiger partial charge in [-0.05, 0) is 79.2 Å². The molecule has 3 aromatic rings. The average molecular weight is 595 g/mol. The van der Waals surface area contributed by atoms with Gasteiger partial charge in [0.1, 0.15) is 23.2 Å². The number of piperidine rings is 1. The second-order valence-electron chi connectivity index (χ2n) is 12.2. The van der Waals surface area contributed by atoms with Crippen LogP contribution in [0.5, 0.6) is 0 Å². The average Bonchev–Trinajstić information content (AvgIpc) is 3.30. The standard InChI is InChI=1S/C29H32BrN5O4/c1-15-19(30)9-11-21-31-23(24(34(15)21)33-29(5,6)14-28(2,3)4)16-7-8-17-18(13-16)27(39)35(26(17)38)20-10-12-22(36)32-25(20)37/h7-9,11,13,20,33H,10,12,14H2,1-6H3,(H,32,36,37). The van der Waals surface area contributed by atoms with Crippen LogP contribution in [0.15, 0.2) is 34.8 Å². The van der Waals surface area contributed by atoms with Crippen LogP contribution in [0.4, 0.5) is 5.82 Å². The van der Waals surface area contributed by atoms with E-state index in [1.807, 2.05) is 19.1 Å². The topological polar surface area (TPSA) is 113 Å². The van der Waals surface area contributed by atoms with Crippen LogP contribution in [0, 0.1) is 12.3 Å². The van der Waals surface area contributed by atoms with Crippen LogP contribution in [0.1, 0.15) is 80.3 Å². The van der Waals surface area contributed by atoms with E-state index >= 15 is 0 Å². The molecule has 9 nitrogen and oxygen atoms in total. The number of pyridine rings is 1. The second-order valence-corrected chi connectivity index (χ2v) is 13.1. The molecule has 1 fully saturated rings. The summed E-state index contributed by atoms with van der Waals surface area (Å²) >= 11 is 3.63. The molecular weight excluding hydrogens is 562 g/mol. The summed E-state index contributed by atoms with van der Waals surface area (Å²) < 4.78 is 2.99. The summed E-state index contributed by atoms with van der Waals surface area (Å²) in [5, 5.41) is 5.96. The van der Waals surface area contributed by atoms with Gasteiger partial charge in [0.25, 0.3) is 11.8 Å². The number of hydrogen-bond donors (Lipinski definition) is 2. The van der Waals surface area contributed by atoms with Gasteiger partial charge in [-0.15, -0.1) is 0 Å². The molecule has 1 aromatic carbocycles. The molecule has 1 saturated heterocycles. The summed E-state index contributed by atoms with van der Waals surface area (Å²) in [6.07, 6.45) is 1.07. The summed E-state index contributed by atoms with van der Waals surface area (Å²) in [4.78, 5) is 56.6. The number of rotatable bonds is 5. The van der Waals surface area contributed by atoms with Crippen LogP contribution in [0.2, 0.25) is 0 Å². The Hall–Kier alpha value is -3.53. The number of nitrogens with zero attached hydrogens (tertiary/aromatic N) is 3. The second kappa shape index (κ2) is 9.29. The number of imidazole rings is 1. The lowest BCUT2D eigenvalue weighted by Crippen LogP contribution is -2.54. The fourth-order valence-electron chi connectivity index (χ4n) is 5.89. The first-order chi connectivity index (χ1) is 18.2. The van der Waals surface area contributed by atoms with Crippen molar-refractivity contribution in [2.75, 3.05) is 5.32 Å². The minimum absolute atomic E-state index is 0.0740. The zero-order chi connectivity index (χ0) is 28.4. The molecule has 0 bridgehead atoms. The summed E-state index contributed by atoms with van der Waals surface area (Å²) in [6.45, 7) is 12.9. The van der Waals surface area contributed by atoms with Crippen molar-refractivity contribution in [3.8, 4) is 11.3 Å². The number of fused-ring (bicyclic) bond motifs is 2. The SMILES string of the molecule is Cc1c(Br)ccc2nc(-c3ccc4c(c3)C(=O)N(C3CCC(=O)NC3=O)C4=O)c(NC(C)(C)CC(C)(C)C)n12. The minimum Gasteiger partial charge on any atom is -0.364 e. The monoisotopic (exact) mass is 593 g/mol. The molecule has 2 aliphatic rings. The Kier molecular flexibility index (Phi) is 6.44. The number of imide groups is 2. The highest BCUT2D eigenvalue weighted by Gasteiger charge is 2.44. The number of anilines is 1. The van der Waals surface area contributed by atoms with Gasteiger partial charge >= 0.3 is 0 Å². The van der Waals surface area contributed by atoms with E-state index in [2.05, 4.69) is 65.6 Å². The predicted octanol–water partition coefficient (Wildman–Crippen LogP) is 5.10. The van der Waals surface area contributed by atoms with Gasteiger partial charge in [0.05, 0.1) is 11.1 Å². The largest absolute Gasteiger partial charge is 0.364 e. The Bertz CT molecular complexity index is 1570. The zero-order valence-electron chi connectivity index (χ0n) is 22.9. The summed E-state index contributed by atoms with van der Waals surface area (Å²) in [5.41, 5.74) is 3.28. The molecule has 5 rings (SSSR count). The van der Waals surface area contributed by atoms with Crippen molar-refractivity contribution >= 4 is 51.0 Å². The molecule has 1 unspecified atom stereocenters. The Balaban J connectivity index is 1.60. The maximum absolute atomic E-state index is 13.5. The van der Waals surface area contributed by atoms with Crippen molar-refractivity contribution in [1.29, 1.82) is 0 Å². The van der Waals surface area contributed by atoms with Crippen LogP contribution in [-0.2, 0) is 9.59 Å². The third-order valence-electron chi connectivity index (χ3n) is 7.11. The molecule has 10 heteroatoms. The van der Waals surface area contributed by atoms with E-state index in [1.54, 1.807) is 18.2 Å². The first-order valence-electron chi connectivity index (χ1n) is 13.0. The Morgan fingerprint density at radius 3 is 2.38 bits per heavy atom. The highest BCUT2D eigenvalue weighted by atomic mass is 79.9. The number of halogens is 1. The summed E-state index contributed by atoms with van der Waals surface area (Å²) in [7, 11) is 0. The van der Waals surface area contributed by atoms with Crippen LogP contribution >= 0.6 is 15.9 Å². The minimum atomic E-state index is -1.01. The molecule has 0 spiro atoms. The first kappa shape index (κ1) is 27.1. The van der Waals surface area contributed by atoms with Crippen molar-refractivity contribution < 1.29 is 19.2 Å². The quantitative estimate of drug-likeness (QED) is 0.398. The van der Waals surface area contributed by atoms with Gasteiger partial charge in [-0.3, -0.25) is 33.8 Å². The number of nitrogens with one attached hydrogen (secondary N) is 2. The summed E-state index contributed by atoms with van der Waals surface area (Å²) in [5.74, 6) is -1.32. The number of carbonyl (C=O) groups excluding carboxylic acids is 4. The number of benzene rings is 1. The molecule has 2 aliphatic heterocycles. The first-order valence-corrected chi connectivity index (χ1v) is 13.8. The fourth-order valence-corrected chi connectivity index (χ4v) is 6.20. The van der Waals surface area contributed by atoms with Crippen LogP contribution in [-0.4, -0.2) is 49.5 Å². The molecule has 39 heavy (non-hydrogen) atoms. The third-order valence-corrected chi connectivity index (χ3v) is 7.94. The number of amides is 4. The van der Waals surface area contributed by atoms with Gasteiger partial charge in [0.15, 0.2) is 0 Å². The Morgan fingerprint density at radius 1 is 1.03 bits per heavy atom. The molecule has 4 amide bonds. The molecule has 2 N–H and O–H groups in total. The van der Waals surface area contributed by atoms with Crippen LogP contribution in [0.25, 0.3) is 16.9 Å². The third kappa shape index (κ3) is 4.86. The number of carbonyl (C=O) groups is 4. The lowest BCUT2D eigenvalue weighted by atomic mass is 9.82. The van der Waals surface area contributed by atoms with Crippen molar-refractivity contribution in [2.45, 2.75) is 72.4 Å². The maximum atomic E-state index is 13.5. The van der Waals surface area contributed by atoms with E-state index in [9.17, 15) is 19.2 Å². The molecule has 0 saturated carbocycles. The van der Waals surface area contributed by atoms with Crippen LogP contribution < -0.4 is 10.6 Å². The van der Waals surface area contributed by atoms with E-state index in [4.69, 9.17) is 4.98 Å². The van der Waals surface area contributed by atoms with Gasteiger partial charge in [-0.2, -0.15) is 0 Å². The van der Waals surface area contributed by atoms with Gasteiger partial charge in [-0.25, -0.2) is 4.98 Å². The van der Waals surface area contributed by atoms with E-state index in [1.165, 1.54) is 0 Å². The highest BCUT2D eigenvalue weighted by Crippen LogP contribution is 2.38. The highest BCUT2D eigenvalue weighted by molar-refractivity contribution is 9.10. The van der Waals surface area contributed by atoms with Gasteiger partial charge in [0.2, 0.25) is 11.8 Å².